The highest BCUT2D eigenvalue weighted by molar-refractivity contribution is 5.68. The normalized spacial score (nSPS) is 38.0. The number of hydrogen-bond acceptors (Lipinski definition) is 3. The minimum atomic E-state index is -0.451. The van der Waals surface area contributed by atoms with Gasteiger partial charge in [0.1, 0.15) is 5.60 Å². The number of carbonyl (C=O) groups is 1. The summed E-state index contributed by atoms with van der Waals surface area (Å²) in [4.78, 5) is 12.2. The standard InChI is InChI=1S/C16H29NO3/c1-11-6-13-9-16(7-11,8-12(2)19-10-13)17-14(18)20-15(3,4)5/h11-13H,6-10H2,1-5H3,(H,17,18). The smallest absolute Gasteiger partial charge is 0.408 e. The molecule has 2 fully saturated rings. The summed E-state index contributed by atoms with van der Waals surface area (Å²) in [7, 11) is 0. The van der Waals surface area contributed by atoms with E-state index in [0.717, 1.165) is 25.9 Å². The van der Waals surface area contributed by atoms with Crippen molar-refractivity contribution in [2.24, 2.45) is 11.8 Å². The molecule has 0 spiro atoms. The predicted octanol–water partition coefficient (Wildman–Crippen LogP) is 3.49. The first-order chi connectivity index (χ1) is 9.17. The molecule has 1 heterocycles. The van der Waals surface area contributed by atoms with Crippen molar-refractivity contribution >= 4 is 6.09 Å². The van der Waals surface area contributed by atoms with Crippen LogP contribution in [0, 0.1) is 11.8 Å². The summed E-state index contributed by atoms with van der Waals surface area (Å²) in [6.07, 6.45) is 4.02. The Bertz CT molecular complexity index is 359. The Morgan fingerprint density at radius 1 is 1.25 bits per heavy atom. The number of alkyl carbamates (subject to hydrolysis) is 1. The van der Waals surface area contributed by atoms with Crippen LogP contribution in [0.25, 0.3) is 0 Å². The number of hydrogen-bond donors (Lipinski definition) is 1. The van der Waals surface area contributed by atoms with E-state index >= 15 is 0 Å². The molecule has 2 aliphatic rings. The minimum Gasteiger partial charge on any atom is -0.444 e. The lowest BCUT2D eigenvalue weighted by Gasteiger charge is -2.42. The second-order valence-electron chi connectivity index (χ2n) is 7.87. The quantitative estimate of drug-likeness (QED) is 0.801. The molecule has 2 rings (SSSR count). The third-order valence-corrected chi connectivity index (χ3v) is 4.22. The van der Waals surface area contributed by atoms with Crippen LogP contribution in [0.15, 0.2) is 0 Å². The zero-order valence-corrected chi connectivity index (χ0v) is 13.5. The lowest BCUT2D eigenvalue weighted by molar-refractivity contribution is 0.0357. The minimum absolute atomic E-state index is 0.152. The lowest BCUT2D eigenvalue weighted by atomic mass is 9.70. The van der Waals surface area contributed by atoms with Gasteiger partial charge in [0.05, 0.1) is 6.10 Å². The first-order valence-corrected chi connectivity index (χ1v) is 7.80. The highest BCUT2D eigenvalue weighted by Gasteiger charge is 2.44. The van der Waals surface area contributed by atoms with Crippen LogP contribution in [0.4, 0.5) is 4.79 Å². The molecule has 4 nitrogen and oxygen atoms in total. The Labute approximate surface area is 122 Å². The molecule has 0 radical (unpaired) electrons. The van der Waals surface area contributed by atoms with Gasteiger partial charge in [0.15, 0.2) is 0 Å². The van der Waals surface area contributed by atoms with Crippen molar-refractivity contribution < 1.29 is 14.3 Å². The Hall–Kier alpha value is -0.770. The van der Waals surface area contributed by atoms with Gasteiger partial charge in [0, 0.05) is 12.1 Å². The van der Waals surface area contributed by atoms with E-state index in [-0.39, 0.29) is 17.7 Å². The third-order valence-electron chi connectivity index (χ3n) is 4.22. The van der Waals surface area contributed by atoms with Crippen molar-refractivity contribution in [2.75, 3.05) is 6.61 Å². The first kappa shape index (κ1) is 15.6. The summed E-state index contributed by atoms with van der Waals surface area (Å²) in [5.74, 6) is 1.18. The molecule has 1 N–H and O–H groups in total. The molecule has 1 aliphatic carbocycles. The molecule has 2 bridgehead atoms. The topological polar surface area (TPSA) is 47.6 Å². The zero-order chi connectivity index (χ0) is 15.0. The van der Waals surface area contributed by atoms with Gasteiger partial charge in [-0.1, -0.05) is 6.92 Å². The Morgan fingerprint density at radius 2 is 1.95 bits per heavy atom. The summed E-state index contributed by atoms with van der Waals surface area (Å²) in [5, 5.41) is 3.18. The van der Waals surface area contributed by atoms with Crippen molar-refractivity contribution in [1.82, 2.24) is 5.32 Å². The van der Waals surface area contributed by atoms with Crippen LogP contribution < -0.4 is 5.32 Å². The van der Waals surface area contributed by atoms with Crippen LogP contribution >= 0.6 is 0 Å². The van der Waals surface area contributed by atoms with Gasteiger partial charge in [0.2, 0.25) is 0 Å². The van der Waals surface area contributed by atoms with Crippen LogP contribution in [0.3, 0.4) is 0 Å². The van der Waals surface area contributed by atoms with Gasteiger partial charge in [-0.25, -0.2) is 4.79 Å². The van der Waals surface area contributed by atoms with E-state index < -0.39 is 5.60 Å². The average molecular weight is 283 g/mol. The van der Waals surface area contributed by atoms with E-state index in [1.54, 1.807) is 0 Å². The van der Waals surface area contributed by atoms with Gasteiger partial charge < -0.3 is 14.8 Å². The van der Waals surface area contributed by atoms with Crippen LogP contribution in [0.1, 0.15) is 60.3 Å². The zero-order valence-electron chi connectivity index (χ0n) is 13.5. The summed E-state index contributed by atoms with van der Waals surface area (Å²) in [5.41, 5.74) is -0.603. The van der Waals surface area contributed by atoms with Crippen molar-refractivity contribution in [2.45, 2.75) is 77.5 Å². The van der Waals surface area contributed by atoms with Gasteiger partial charge in [-0.3, -0.25) is 0 Å². The van der Waals surface area contributed by atoms with Gasteiger partial charge in [-0.15, -0.1) is 0 Å². The molecule has 1 amide bonds. The van der Waals surface area contributed by atoms with E-state index in [1.165, 1.54) is 6.42 Å². The predicted molar refractivity (Wildman–Crippen MR) is 78.6 cm³/mol. The number of nitrogens with one attached hydrogen (secondary N) is 1. The number of rotatable bonds is 1. The SMILES string of the molecule is CC1CC2COC(C)CC(NC(=O)OC(C)(C)C)(C1)C2. The van der Waals surface area contributed by atoms with E-state index in [1.807, 2.05) is 20.8 Å². The molecular formula is C16H29NO3. The van der Waals surface area contributed by atoms with Gasteiger partial charge in [-0.2, -0.15) is 0 Å². The maximum absolute atomic E-state index is 12.2. The third kappa shape index (κ3) is 4.11. The number of amides is 1. The molecule has 0 aromatic heterocycles. The maximum Gasteiger partial charge on any atom is 0.408 e. The fraction of sp³-hybridized carbons (Fsp3) is 0.938. The van der Waals surface area contributed by atoms with Crippen LogP contribution in [-0.4, -0.2) is 29.9 Å². The molecule has 1 saturated carbocycles. The molecule has 1 aliphatic heterocycles. The second-order valence-corrected chi connectivity index (χ2v) is 7.87. The van der Waals surface area contributed by atoms with Gasteiger partial charge in [0.25, 0.3) is 0 Å². The molecule has 4 heteroatoms. The molecule has 1 saturated heterocycles. The Kier molecular flexibility index (Phi) is 4.33. The van der Waals surface area contributed by atoms with Crippen molar-refractivity contribution in [3.63, 3.8) is 0 Å². The van der Waals surface area contributed by atoms with E-state index in [2.05, 4.69) is 19.2 Å². The molecule has 0 aromatic rings. The maximum atomic E-state index is 12.2. The average Bonchev–Trinajstić information content (AvgIpc) is 2.31. The van der Waals surface area contributed by atoms with Crippen LogP contribution in [0.2, 0.25) is 0 Å². The Morgan fingerprint density at radius 3 is 2.60 bits per heavy atom. The van der Waals surface area contributed by atoms with Crippen molar-refractivity contribution in [3.8, 4) is 0 Å². The van der Waals surface area contributed by atoms with Crippen molar-refractivity contribution in [3.05, 3.63) is 0 Å². The summed E-state index contributed by atoms with van der Waals surface area (Å²) >= 11 is 0. The monoisotopic (exact) mass is 283 g/mol. The van der Waals surface area contributed by atoms with Crippen LogP contribution in [-0.2, 0) is 9.47 Å². The number of carbonyl (C=O) groups excluding carboxylic acids is 1. The molecular weight excluding hydrogens is 254 g/mol. The lowest BCUT2D eigenvalue weighted by Crippen LogP contribution is -2.54. The molecule has 4 unspecified atom stereocenters. The number of fused-ring (bicyclic) bond motifs is 2. The summed E-state index contributed by atoms with van der Waals surface area (Å²) in [6, 6.07) is 0. The van der Waals surface area contributed by atoms with Gasteiger partial charge in [-0.05, 0) is 65.2 Å². The van der Waals surface area contributed by atoms with Gasteiger partial charge >= 0.3 is 6.09 Å². The van der Waals surface area contributed by atoms with E-state index in [4.69, 9.17) is 9.47 Å². The van der Waals surface area contributed by atoms with E-state index in [0.29, 0.717) is 11.8 Å². The molecule has 20 heavy (non-hydrogen) atoms. The summed E-state index contributed by atoms with van der Waals surface area (Å²) < 4.78 is 11.3. The summed E-state index contributed by atoms with van der Waals surface area (Å²) in [6.45, 7) is 10.9. The van der Waals surface area contributed by atoms with Crippen LogP contribution in [0.5, 0.6) is 0 Å². The number of ether oxygens (including phenoxy) is 2. The van der Waals surface area contributed by atoms with E-state index in [9.17, 15) is 4.79 Å². The largest absolute Gasteiger partial charge is 0.444 e. The first-order valence-electron chi connectivity index (χ1n) is 7.80. The second kappa shape index (κ2) is 5.55. The highest BCUT2D eigenvalue weighted by atomic mass is 16.6. The fourth-order valence-corrected chi connectivity index (χ4v) is 3.92. The molecule has 116 valence electrons. The fourth-order valence-electron chi connectivity index (χ4n) is 3.92. The molecule has 4 atom stereocenters. The van der Waals surface area contributed by atoms with Crippen molar-refractivity contribution in [1.29, 1.82) is 0 Å². The molecule has 0 aromatic carbocycles. The highest BCUT2D eigenvalue weighted by Crippen LogP contribution is 2.41. The Balaban J connectivity index is 2.10.